The number of anilines is 1. The Labute approximate surface area is 228 Å². The second kappa shape index (κ2) is 12.5. The van der Waals surface area contributed by atoms with Crippen LogP contribution in [0.25, 0.3) is 12.2 Å². The van der Waals surface area contributed by atoms with Gasteiger partial charge in [0.2, 0.25) is 5.75 Å². The van der Waals surface area contributed by atoms with E-state index in [1.165, 1.54) is 7.11 Å². The van der Waals surface area contributed by atoms with Gasteiger partial charge < -0.3 is 34.1 Å². The average molecular weight is 532 g/mol. The summed E-state index contributed by atoms with van der Waals surface area (Å²) in [7, 11) is 6.15. The number of carbonyl (C=O) groups excluding carboxylic acids is 1. The molecule has 1 aliphatic heterocycles. The minimum atomic E-state index is -0.266. The van der Waals surface area contributed by atoms with Crippen LogP contribution in [0.2, 0.25) is 0 Å². The van der Waals surface area contributed by atoms with Gasteiger partial charge in [-0.3, -0.25) is 4.79 Å². The first-order valence-corrected chi connectivity index (χ1v) is 12.4. The van der Waals surface area contributed by atoms with Gasteiger partial charge in [-0.25, -0.2) is 0 Å². The molecule has 1 fully saturated rings. The number of Topliss-reactive ketones (excluding diaryl/α,β-unsaturated/α-hetero) is 1. The maximum absolute atomic E-state index is 13.8. The summed E-state index contributed by atoms with van der Waals surface area (Å²) in [4.78, 5) is 15.9. The molecule has 0 saturated carbocycles. The van der Waals surface area contributed by atoms with Gasteiger partial charge in [0, 0.05) is 35.5 Å². The van der Waals surface area contributed by atoms with Crippen molar-refractivity contribution < 1.29 is 34.0 Å². The van der Waals surface area contributed by atoms with Crippen molar-refractivity contribution in [3.8, 4) is 23.0 Å². The second-order valence-corrected chi connectivity index (χ2v) is 9.00. The van der Waals surface area contributed by atoms with Crippen molar-refractivity contribution >= 4 is 23.6 Å². The van der Waals surface area contributed by atoms with Gasteiger partial charge in [0.1, 0.15) is 5.75 Å². The number of ketones is 1. The van der Waals surface area contributed by atoms with Gasteiger partial charge in [-0.15, -0.1) is 0 Å². The highest BCUT2D eigenvalue weighted by Gasteiger charge is 2.27. The number of para-hydroxylation sites is 1. The summed E-state index contributed by atoms with van der Waals surface area (Å²) < 4.78 is 21.9. The van der Waals surface area contributed by atoms with Crippen LogP contribution in [0.3, 0.4) is 0 Å². The number of methoxy groups -OCH3 is 4. The molecule has 1 saturated heterocycles. The van der Waals surface area contributed by atoms with Crippen LogP contribution in [0, 0.1) is 0 Å². The summed E-state index contributed by atoms with van der Waals surface area (Å²) in [6.07, 6.45) is 3.65. The third-order valence-corrected chi connectivity index (χ3v) is 6.67. The highest BCUT2D eigenvalue weighted by atomic mass is 16.5. The lowest BCUT2D eigenvalue weighted by Crippen LogP contribution is -2.37. The lowest BCUT2D eigenvalue weighted by molar-refractivity contribution is -0.112. The molecule has 4 rings (SSSR count). The summed E-state index contributed by atoms with van der Waals surface area (Å²) in [5.41, 5.74) is 4.64. The summed E-state index contributed by atoms with van der Waals surface area (Å²) >= 11 is 0. The fourth-order valence-corrected chi connectivity index (χ4v) is 4.76. The topological polar surface area (TPSA) is 97.7 Å². The number of ether oxygens (including phenoxy) is 4. The minimum absolute atomic E-state index is 0.0910. The molecule has 0 bridgehead atoms. The van der Waals surface area contributed by atoms with Crippen LogP contribution in [-0.4, -0.2) is 57.5 Å². The predicted molar refractivity (Wildman–Crippen MR) is 151 cm³/mol. The van der Waals surface area contributed by atoms with E-state index in [0.717, 1.165) is 11.3 Å². The van der Waals surface area contributed by atoms with Crippen LogP contribution < -0.4 is 23.8 Å². The Bertz CT molecular complexity index is 1260. The molecule has 0 amide bonds. The van der Waals surface area contributed by atoms with E-state index in [0.29, 0.717) is 63.9 Å². The number of piperidine rings is 1. The molecule has 0 aliphatic carbocycles. The van der Waals surface area contributed by atoms with E-state index in [2.05, 4.69) is 4.90 Å². The van der Waals surface area contributed by atoms with Crippen LogP contribution in [0.5, 0.6) is 23.0 Å². The summed E-state index contributed by atoms with van der Waals surface area (Å²) in [6.45, 7) is 0.275. The van der Waals surface area contributed by atoms with Crippen molar-refractivity contribution in [3.05, 3.63) is 88.0 Å². The molecule has 0 unspecified atom stereocenters. The molecule has 8 heteroatoms. The van der Waals surface area contributed by atoms with Gasteiger partial charge >= 0.3 is 0 Å². The fourth-order valence-electron chi connectivity index (χ4n) is 4.76. The van der Waals surface area contributed by atoms with Crippen LogP contribution >= 0.6 is 0 Å². The monoisotopic (exact) mass is 531 g/mol. The van der Waals surface area contributed by atoms with E-state index in [1.54, 1.807) is 45.6 Å². The summed E-state index contributed by atoms with van der Waals surface area (Å²) in [6, 6.07) is 17.0. The number of benzene rings is 3. The largest absolute Gasteiger partial charge is 0.496 e. The molecular weight excluding hydrogens is 498 g/mol. The highest BCUT2D eigenvalue weighted by Crippen LogP contribution is 2.39. The van der Waals surface area contributed by atoms with Gasteiger partial charge in [-0.1, -0.05) is 18.2 Å². The molecule has 3 aromatic rings. The van der Waals surface area contributed by atoms with E-state index < -0.39 is 0 Å². The van der Waals surface area contributed by atoms with E-state index in [1.807, 2.05) is 42.5 Å². The van der Waals surface area contributed by atoms with Crippen LogP contribution in [0.15, 0.2) is 65.7 Å². The Morgan fingerprint density at radius 1 is 0.744 bits per heavy atom. The number of carbonyl (C=O) groups is 1. The number of aliphatic hydroxyl groups excluding tert-OH is 2. The molecule has 0 atom stereocenters. The Hall–Kier alpha value is -4.27. The van der Waals surface area contributed by atoms with Gasteiger partial charge in [0.25, 0.3) is 0 Å². The molecular formula is C31H33NO7. The first-order valence-electron chi connectivity index (χ1n) is 12.4. The Morgan fingerprint density at radius 2 is 1.28 bits per heavy atom. The van der Waals surface area contributed by atoms with E-state index in [9.17, 15) is 15.0 Å². The molecule has 3 aromatic carbocycles. The smallest absolute Gasteiger partial charge is 0.203 e. The lowest BCUT2D eigenvalue weighted by atomic mass is 9.93. The highest BCUT2D eigenvalue weighted by molar-refractivity contribution is 6.15. The van der Waals surface area contributed by atoms with E-state index >= 15 is 0 Å². The van der Waals surface area contributed by atoms with Crippen LogP contribution in [-0.2, 0) is 18.0 Å². The lowest BCUT2D eigenvalue weighted by Gasteiger charge is -2.32. The van der Waals surface area contributed by atoms with Gasteiger partial charge in [0.05, 0.1) is 41.7 Å². The molecule has 0 aromatic heterocycles. The van der Waals surface area contributed by atoms with Crippen molar-refractivity contribution in [1.82, 2.24) is 0 Å². The third-order valence-electron chi connectivity index (χ3n) is 6.67. The first-order chi connectivity index (χ1) is 19.0. The Balaban J connectivity index is 1.82. The van der Waals surface area contributed by atoms with Crippen molar-refractivity contribution in [3.63, 3.8) is 0 Å². The number of hydrogen-bond donors (Lipinski definition) is 2. The zero-order chi connectivity index (χ0) is 27.9. The molecule has 0 spiro atoms. The zero-order valence-corrected chi connectivity index (χ0v) is 22.6. The second-order valence-electron chi connectivity index (χ2n) is 9.00. The van der Waals surface area contributed by atoms with E-state index in [-0.39, 0.29) is 19.0 Å². The third kappa shape index (κ3) is 5.92. The van der Waals surface area contributed by atoms with Gasteiger partial charge in [-0.05, 0) is 65.2 Å². The Kier molecular flexibility index (Phi) is 8.91. The van der Waals surface area contributed by atoms with Crippen molar-refractivity contribution in [1.29, 1.82) is 0 Å². The fraction of sp³-hybridized carbons (Fsp3) is 0.258. The number of nitrogens with zero attached hydrogens (tertiary/aromatic N) is 1. The quantitative estimate of drug-likeness (QED) is 0.396. The standard InChI is InChI=1S/C31H33NO7/c1-36-27-13-20(12-24(18-33)26(27)19-34)10-22-16-32(25-8-6-5-7-9-25)17-23(30(22)35)11-21-14-28(37-2)31(39-4)29(15-21)38-3/h5-15,33-34H,16-19H2,1-4H3/b22-10+,23-11+. The SMILES string of the molecule is COc1cc(/C=C2\CN(c3ccccc3)C/C(=C\c3cc(OC)c(OC)c(OC)c3)C2=O)cc(CO)c1CO. The Morgan fingerprint density at radius 3 is 1.77 bits per heavy atom. The predicted octanol–water partition coefficient (Wildman–Crippen LogP) is 4.26. The van der Waals surface area contributed by atoms with Crippen LogP contribution in [0.4, 0.5) is 5.69 Å². The summed E-state index contributed by atoms with van der Waals surface area (Å²) in [5.74, 6) is 1.83. The van der Waals surface area contributed by atoms with Crippen molar-refractivity contribution in [2.24, 2.45) is 0 Å². The molecule has 1 aliphatic rings. The summed E-state index contributed by atoms with van der Waals surface area (Å²) in [5, 5.41) is 19.6. The molecule has 0 radical (unpaired) electrons. The van der Waals surface area contributed by atoms with Gasteiger partial charge in [0.15, 0.2) is 17.3 Å². The van der Waals surface area contributed by atoms with Crippen molar-refractivity contribution in [2.45, 2.75) is 13.2 Å². The number of aliphatic hydroxyl groups is 2. The van der Waals surface area contributed by atoms with E-state index in [4.69, 9.17) is 18.9 Å². The first kappa shape index (κ1) is 27.8. The molecule has 8 nitrogen and oxygen atoms in total. The molecule has 2 N–H and O–H groups in total. The molecule has 204 valence electrons. The molecule has 39 heavy (non-hydrogen) atoms. The number of rotatable bonds is 9. The minimum Gasteiger partial charge on any atom is -0.496 e. The average Bonchev–Trinajstić information content (AvgIpc) is 2.98. The number of hydrogen-bond acceptors (Lipinski definition) is 8. The maximum Gasteiger partial charge on any atom is 0.203 e. The zero-order valence-electron chi connectivity index (χ0n) is 22.6. The van der Waals surface area contributed by atoms with Gasteiger partial charge in [-0.2, -0.15) is 0 Å². The maximum atomic E-state index is 13.8. The van der Waals surface area contributed by atoms with Crippen LogP contribution in [0.1, 0.15) is 22.3 Å². The molecule has 1 heterocycles. The normalized spacial score (nSPS) is 15.5. The van der Waals surface area contributed by atoms with Crippen molar-refractivity contribution in [2.75, 3.05) is 46.4 Å².